The molecule has 0 aromatic heterocycles. The van der Waals surface area contributed by atoms with Crippen molar-refractivity contribution in [3.63, 3.8) is 0 Å². The lowest BCUT2D eigenvalue weighted by atomic mass is 9.94. The van der Waals surface area contributed by atoms with E-state index in [1.165, 1.54) is 22.3 Å². The zero-order chi connectivity index (χ0) is 20.8. The minimum atomic E-state index is -0.0275. The maximum atomic E-state index is 5.70. The van der Waals surface area contributed by atoms with Crippen LogP contribution in [0.1, 0.15) is 42.1 Å². The van der Waals surface area contributed by atoms with Crippen molar-refractivity contribution < 1.29 is 4.74 Å². The Hall–Kier alpha value is -2.85. The zero-order valence-corrected chi connectivity index (χ0v) is 18.2. The predicted octanol–water partition coefficient (Wildman–Crippen LogP) is 6.17. The highest BCUT2D eigenvalue weighted by Gasteiger charge is 2.17. The molecule has 0 aliphatic heterocycles. The molecule has 0 heterocycles. The van der Waals surface area contributed by atoms with Gasteiger partial charge in [-0.2, -0.15) is 0 Å². The van der Waals surface area contributed by atoms with E-state index in [4.69, 9.17) is 17.0 Å². The van der Waals surface area contributed by atoms with Gasteiger partial charge in [0, 0.05) is 5.69 Å². The van der Waals surface area contributed by atoms with E-state index in [0.29, 0.717) is 5.11 Å². The first-order valence-electron chi connectivity index (χ1n) is 9.88. The number of benzene rings is 3. The molecule has 2 N–H and O–H groups in total. The summed E-state index contributed by atoms with van der Waals surface area (Å²) in [6.45, 7) is 8.29. The number of hydrogen-bond acceptors (Lipinski definition) is 2. The quantitative estimate of drug-likeness (QED) is 0.482. The Morgan fingerprint density at radius 3 is 2.21 bits per heavy atom. The molecule has 0 saturated heterocycles. The molecule has 0 radical (unpaired) electrons. The highest BCUT2D eigenvalue weighted by Crippen LogP contribution is 2.26. The minimum Gasteiger partial charge on any atom is -0.491 e. The lowest BCUT2D eigenvalue weighted by Crippen LogP contribution is -2.33. The molecule has 3 rings (SSSR count). The molecule has 1 atom stereocenters. The third-order valence-electron chi connectivity index (χ3n) is 4.63. The summed E-state index contributed by atoms with van der Waals surface area (Å²) in [5.41, 5.74) is 5.80. The van der Waals surface area contributed by atoms with E-state index in [-0.39, 0.29) is 12.1 Å². The van der Waals surface area contributed by atoms with Gasteiger partial charge in [0.15, 0.2) is 5.11 Å². The Labute approximate surface area is 179 Å². The fraction of sp³-hybridized carbons (Fsp3) is 0.240. The summed E-state index contributed by atoms with van der Waals surface area (Å²) >= 11 is 5.63. The van der Waals surface area contributed by atoms with E-state index in [1.54, 1.807) is 0 Å². The van der Waals surface area contributed by atoms with Crippen molar-refractivity contribution >= 4 is 23.0 Å². The molecule has 0 amide bonds. The molecule has 3 aromatic rings. The van der Waals surface area contributed by atoms with Crippen LogP contribution in [0, 0.1) is 13.8 Å². The van der Waals surface area contributed by atoms with Crippen LogP contribution in [-0.2, 0) is 0 Å². The minimum absolute atomic E-state index is 0.0275. The summed E-state index contributed by atoms with van der Waals surface area (Å²) in [6.07, 6.45) is 0.154. The van der Waals surface area contributed by atoms with E-state index < -0.39 is 0 Å². The lowest BCUT2D eigenvalue weighted by molar-refractivity contribution is 0.242. The second-order valence-corrected chi connectivity index (χ2v) is 7.90. The van der Waals surface area contributed by atoms with E-state index >= 15 is 0 Å². The van der Waals surface area contributed by atoms with Crippen molar-refractivity contribution in [2.45, 2.75) is 39.8 Å². The number of nitrogens with one attached hydrogen (secondary N) is 2. The summed E-state index contributed by atoms with van der Waals surface area (Å²) in [5.74, 6) is 0.849. The average molecular weight is 405 g/mol. The highest BCUT2D eigenvalue weighted by atomic mass is 32.1. The van der Waals surface area contributed by atoms with Crippen LogP contribution in [0.25, 0.3) is 0 Å². The molecule has 3 aromatic carbocycles. The van der Waals surface area contributed by atoms with Crippen molar-refractivity contribution in [2.75, 3.05) is 5.32 Å². The maximum absolute atomic E-state index is 5.70. The Balaban J connectivity index is 1.78. The van der Waals surface area contributed by atoms with Gasteiger partial charge in [0.25, 0.3) is 0 Å². The molecular weight excluding hydrogens is 376 g/mol. The van der Waals surface area contributed by atoms with Gasteiger partial charge in [0.05, 0.1) is 12.1 Å². The summed E-state index contributed by atoms with van der Waals surface area (Å²) < 4.78 is 5.70. The summed E-state index contributed by atoms with van der Waals surface area (Å²) in [5, 5.41) is 7.36. The number of aryl methyl sites for hydroxylation is 2. The standard InChI is InChI=1S/C25H28N2OS/c1-17(2)28-22-13-11-21(12-14-22)26-25(29)27-24(20-8-6-5-7-9-20)23-15-10-18(3)16-19(23)4/h5-17,24H,1-4H3,(H2,26,27,29). The van der Waals surface area contributed by atoms with Gasteiger partial charge in [-0.1, -0.05) is 54.1 Å². The summed E-state index contributed by atoms with van der Waals surface area (Å²) in [7, 11) is 0. The van der Waals surface area contributed by atoms with Crippen LogP contribution in [0.15, 0.2) is 72.8 Å². The van der Waals surface area contributed by atoms with Crippen LogP contribution in [0.4, 0.5) is 5.69 Å². The molecule has 0 aliphatic carbocycles. The molecule has 1 unspecified atom stereocenters. The van der Waals surface area contributed by atoms with Crippen molar-refractivity contribution in [1.29, 1.82) is 0 Å². The Bertz CT molecular complexity index is 952. The second-order valence-electron chi connectivity index (χ2n) is 7.49. The van der Waals surface area contributed by atoms with Crippen LogP contribution in [0.2, 0.25) is 0 Å². The second kappa shape index (κ2) is 9.57. The van der Waals surface area contributed by atoms with Gasteiger partial charge in [-0.3, -0.25) is 0 Å². The molecule has 0 aliphatic rings. The van der Waals surface area contributed by atoms with Gasteiger partial charge >= 0.3 is 0 Å². The molecule has 0 saturated carbocycles. The third kappa shape index (κ3) is 5.81. The lowest BCUT2D eigenvalue weighted by Gasteiger charge is -2.24. The van der Waals surface area contributed by atoms with Crippen molar-refractivity contribution in [1.82, 2.24) is 5.32 Å². The third-order valence-corrected chi connectivity index (χ3v) is 4.85. The SMILES string of the molecule is Cc1ccc(C(NC(=S)Nc2ccc(OC(C)C)cc2)c2ccccc2)c(C)c1. The smallest absolute Gasteiger partial charge is 0.171 e. The van der Waals surface area contributed by atoms with Crippen LogP contribution >= 0.6 is 12.2 Å². The molecule has 150 valence electrons. The zero-order valence-electron chi connectivity index (χ0n) is 17.4. The molecule has 0 fully saturated rings. The Morgan fingerprint density at radius 1 is 0.897 bits per heavy atom. The van der Waals surface area contributed by atoms with Crippen molar-refractivity contribution in [2.24, 2.45) is 0 Å². The predicted molar refractivity (Wildman–Crippen MR) is 126 cm³/mol. The molecular formula is C25H28N2OS. The van der Waals surface area contributed by atoms with Gasteiger partial charge in [-0.25, -0.2) is 0 Å². The maximum Gasteiger partial charge on any atom is 0.171 e. The fourth-order valence-electron chi connectivity index (χ4n) is 3.32. The Kier molecular flexibility index (Phi) is 6.89. The average Bonchev–Trinajstić information content (AvgIpc) is 2.68. The van der Waals surface area contributed by atoms with Gasteiger partial charge < -0.3 is 15.4 Å². The first-order valence-corrected chi connectivity index (χ1v) is 10.3. The molecule has 4 heteroatoms. The van der Waals surface area contributed by atoms with Crippen LogP contribution in [0.5, 0.6) is 5.75 Å². The number of ether oxygens (including phenoxy) is 1. The molecule has 3 nitrogen and oxygen atoms in total. The van der Waals surface area contributed by atoms with E-state index in [2.05, 4.69) is 66.9 Å². The van der Waals surface area contributed by atoms with E-state index in [0.717, 1.165) is 11.4 Å². The van der Waals surface area contributed by atoms with Gasteiger partial charge in [-0.05, 0) is 80.9 Å². The van der Waals surface area contributed by atoms with Crippen LogP contribution < -0.4 is 15.4 Å². The molecule has 29 heavy (non-hydrogen) atoms. The van der Waals surface area contributed by atoms with Crippen molar-refractivity contribution in [3.05, 3.63) is 95.1 Å². The van der Waals surface area contributed by atoms with Crippen LogP contribution in [0.3, 0.4) is 0 Å². The first kappa shape index (κ1) is 20.9. The van der Waals surface area contributed by atoms with Gasteiger partial charge in [-0.15, -0.1) is 0 Å². The number of anilines is 1. The summed E-state index contributed by atoms with van der Waals surface area (Å²) in [6, 6.07) is 24.7. The van der Waals surface area contributed by atoms with E-state index in [9.17, 15) is 0 Å². The van der Waals surface area contributed by atoms with Crippen molar-refractivity contribution in [3.8, 4) is 5.75 Å². The number of rotatable bonds is 6. The van der Waals surface area contributed by atoms with Gasteiger partial charge in [0.2, 0.25) is 0 Å². The first-order chi connectivity index (χ1) is 13.9. The van der Waals surface area contributed by atoms with Gasteiger partial charge in [0.1, 0.15) is 5.75 Å². The fourth-order valence-corrected chi connectivity index (χ4v) is 3.56. The highest BCUT2D eigenvalue weighted by molar-refractivity contribution is 7.80. The largest absolute Gasteiger partial charge is 0.491 e. The normalized spacial score (nSPS) is 11.8. The number of hydrogen-bond donors (Lipinski definition) is 2. The summed E-state index contributed by atoms with van der Waals surface area (Å²) in [4.78, 5) is 0. The Morgan fingerprint density at radius 2 is 1.59 bits per heavy atom. The number of thiocarbonyl (C=S) groups is 1. The van der Waals surface area contributed by atoms with Crippen LogP contribution in [-0.4, -0.2) is 11.2 Å². The van der Waals surface area contributed by atoms with E-state index in [1.807, 2.05) is 44.2 Å². The molecule has 0 spiro atoms. The monoisotopic (exact) mass is 404 g/mol. The molecule has 0 bridgehead atoms. The topological polar surface area (TPSA) is 33.3 Å².